The van der Waals surface area contributed by atoms with Crippen LogP contribution >= 0.6 is 0 Å². The molecule has 42 heavy (non-hydrogen) atoms. The van der Waals surface area contributed by atoms with Crippen LogP contribution in [0.5, 0.6) is 0 Å². The Bertz CT molecular complexity index is 2430. The van der Waals surface area contributed by atoms with Gasteiger partial charge in [0.15, 0.2) is 5.69 Å². The Morgan fingerprint density at radius 3 is 2.10 bits per heavy atom. The molecule has 0 aliphatic heterocycles. The molecule has 4 heteroatoms. The molecule has 6 aromatic carbocycles. The van der Waals surface area contributed by atoms with E-state index < -0.39 is 0 Å². The van der Waals surface area contributed by atoms with Crippen LogP contribution in [0.4, 0.5) is 5.69 Å². The summed E-state index contributed by atoms with van der Waals surface area (Å²) in [6.45, 7) is 7.52. The van der Waals surface area contributed by atoms with Crippen molar-refractivity contribution in [3.63, 3.8) is 0 Å². The minimum Gasteiger partial charge on any atom is -0.311 e. The standard InChI is InChI=1S/C38H22N4/c1-40-27-9-7-12-29(23-27)41-35-16-6-5-13-31(35)34-22-26(18-20-36(34)41)30-14-8-15-32-33-21-25(24-39)17-19-37(33)42(38(30)32)28-10-3-2-4-11-28/h2-23H. The molecule has 4 nitrogen and oxygen atoms in total. The third-order valence-electron chi connectivity index (χ3n) is 8.13. The number of hydrogen-bond acceptors (Lipinski definition) is 1. The average Bonchev–Trinajstić information content (AvgIpc) is 3.57. The number of fused-ring (bicyclic) bond motifs is 6. The van der Waals surface area contributed by atoms with Gasteiger partial charge in [-0.3, -0.25) is 0 Å². The fourth-order valence-corrected chi connectivity index (χ4v) is 6.34. The molecule has 0 fully saturated rings. The second kappa shape index (κ2) is 9.24. The molecule has 0 N–H and O–H groups in total. The maximum atomic E-state index is 9.65. The normalized spacial score (nSPS) is 11.3. The van der Waals surface area contributed by atoms with Crippen LogP contribution in [0.15, 0.2) is 133 Å². The summed E-state index contributed by atoms with van der Waals surface area (Å²) in [5.41, 5.74) is 9.94. The summed E-state index contributed by atoms with van der Waals surface area (Å²) in [6, 6.07) is 48.0. The van der Waals surface area contributed by atoms with Crippen molar-refractivity contribution in [2.75, 3.05) is 0 Å². The van der Waals surface area contributed by atoms with Gasteiger partial charge in [-0.2, -0.15) is 5.26 Å². The first kappa shape index (κ1) is 23.8. The summed E-state index contributed by atoms with van der Waals surface area (Å²) >= 11 is 0. The molecular weight excluding hydrogens is 512 g/mol. The lowest BCUT2D eigenvalue weighted by atomic mass is 9.99. The van der Waals surface area contributed by atoms with Gasteiger partial charge in [-0.25, -0.2) is 4.85 Å². The first-order chi connectivity index (χ1) is 20.7. The summed E-state index contributed by atoms with van der Waals surface area (Å²) in [4.78, 5) is 3.66. The van der Waals surface area contributed by atoms with Crippen molar-refractivity contribution in [3.05, 3.63) is 150 Å². The van der Waals surface area contributed by atoms with E-state index in [1.165, 1.54) is 0 Å². The third-order valence-corrected chi connectivity index (χ3v) is 8.13. The van der Waals surface area contributed by atoms with Crippen molar-refractivity contribution in [3.8, 4) is 28.6 Å². The van der Waals surface area contributed by atoms with Gasteiger partial charge in [-0.05, 0) is 66.2 Å². The molecule has 0 amide bonds. The van der Waals surface area contributed by atoms with Crippen LogP contribution in [0.1, 0.15) is 5.56 Å². The van der Waals surface area contributed by atoms with E-state index in [2.05, 4.69) is 117 Å². The molecule has 2 aromatic heterocycles. The van der Waals surface area contributed by atoms with Gasteiger partial charge in [0.2, 0.25) is 0 Å². The quantitative estimate of drug-likeness (QED) is 0.208. The molecule has 194 valence electrons. The van der Waals surface area contributed by atoms with Gasteiger partial charge < -0.3 is 9.13 Å². The van der Waals surface area contributed by atoms with Gasteiger partial charge >= 0.3 is 0 Å². The number of nitrogens with zero attached hydrogens (tertiary/aromatic N) is 4. The van der Waals surface area contributed by atoms with Crippen molar-refractivity contribution in [1.82, 2.24) is 9.13 Å². The van der Waals surface area contributed by atoms with Crippen LogP contribution in [0, 0.1) is 17.9 Å². The van der Waals surface area contributed by atoms with Gasteiger partial charge in [0, 0.05) is 38.5 Å². The maximum Gasteiger partial charge on any atom is 0.189 e. The van der Waals surface area contributed by atoms with Gasteiger partial charge in [-0.15, -0.1) is 0 Å². The fourth-order valence-electron chi connectivity index (χ4n) is 6.34. The smallest absolute Gasteiger partial charge is 0.189 e. The highest BCUT2D eigenvalue weighted by Crippen LogP contribution is 2.41. The van der Waals surface area contributed by atoms with E-state index in [1.807, 2.05) is 36.4 Å². The minimum atomic E-state index is 0.620. The Morgan fingerprint density at radius 1 is 0.548 bits per heavy atom. The maximum absolute atomic E-state index is 9.65. The van der Waals surface area contributed by atoms with Crippen molar-refractivity contribution < 1.29 is 0 Å². The highest BCUT2D eigenvalue weighted by atomic mass is 15.0. The number of benzene rings is 6. The summed E-state index contributed by atoms with van der Waals surface area (Å²) in [5, 5.41) is 14.1. The summed E-state index contributed by atoms with van der Waals surface area (Å²) in [6.07, 6.45) is 0. The van der Waals surface area contributed by atoms with Crippen LogP contribution in [-0.4, -0.2) is 9.13 Å². The summed E-state index contributed by atoms with van der Waals surface area (Å²) < 4.78 is 4.55. The monoisotopic (exact) mass is 534 g/mol. The lowest BCUT2D eigenvalue weighted by Gasteiger charge is -2.12. The average molecular weight is 535 g/mol. The molecule has 8 rings (SSSR count). The number of rotatable bonds is 3. The van der Waals surface area contributed by atoms with Gasteiger partial charge in [0.1, 0.15) is 0 Å². The molecule has 0 unspecified atom stereocenters. The fraction of sp³-hybridized carbons (Fsp3) is 0. The third kappa shape index (κ3) is 3.47. The van der Waals surface area contributed by atoms with E-state index in [9.17, 15) is 5.26 Å². The lowest BCUT2D eigenvalue weighted by Crippen LogP contribution is -1.95. The first-order valence-electron chi connectivity index (χ1n) is 13.8. The van der Waals surface area contributed by atoms with Gasteiger partial charge in [0.25, 0.3) is 0 Å². The van der Waals surface area contributed by atoms with E-state index in [1.54, 1.807) is 0 Å². The zero-order chi connectivity index (χ0) is 28.2. The van der Waals surface area contributed by atoms with Crippen LogP contribution in [0.2, 0.25) is 0 Å². The summed E-state index contributed by atoms with van der Waals surface area (Å²) in [5.74, 6) is 0. The molecular formula is C38H22N4. The zero-order valence-corrected chi connectivity index (χ0v) is 22.5. The van der Waals surface area contributed by atoms with Crippen molar-refractivity contribution >= 4 is 49.3 Å². The largest absolute Gasteiger partial charge is 0.311 e. The Labute approximate surface area is 242 Å². The Morgan fingerprint density at radius 2 is 1.24 bits per heavy atom. The Hall–Kier alpha value is -6.10. The van der Waals surface area contributed by atoms with Crippen LogP contribution in [0.25, 0.3) is 71.0 Å². The van der Waals surface area contributed by atoms with Crippen LogP contribution < -0.4 is 0 Å². The zero-order valence-electron chi connectivity index (χ0n) is 22.5. The van der Waals surface area contributed by atoms with E-state index in [4.69, 9.17) is 6.57 Å². The minimum absolute atomic E-state index is 0.620. The molecule has 0 aliphatic rings. The molecule has 0 bridgehead atoms. The molecule has 0 saturated carbocycles. The lowest BCUT2D eigenvalue weighted by molar-refractivity contribution is 1.18. The number of hydrogen-bond donors (Lipinski definition) is 0. The number of aromatic nitrogens is 2. The van der Waals surface area contributed by atoms with E-state index in [0.29, 0.717) is 11.3 Å². The topological polar surface area (TPSA) is 38.0 Å². The van der Waals surface area contributed by atoms with Gasteiger partial charge in [0.05, 0.1) is 40.3 Å². The Kier molecular flexibility index (Phi) is 5.22. The van der Waals surface area contributed by atoms with Crippen molar-refractivity contribution in [2.45, 2.75) is 0 Å². The molecule has 0 aliphatic carbocycles. The molecule has 0 radical (unpaired) electrons. The molecule has 0 saturated heterocycles. The SMILES string of the molecule is [C-]#[N+]c1cccc(-n2c3ccccc3c3cc(-c4cccc5c6cc(C#N)ccc6n(-c6ccccc6)c45)ccc32)c1. The van der Waals surface area contributed by atoms with Crippen molar-refractivity contribution in [1.29, 1.82) is 5.26 Å². The van der Waals surface area contributed by atoms with E-state index >= 15 is 0 Å². The second-order valence-corrected chi connectivity index (χ2v) is 10.4. The first-order valence-corrected chi connectivity index (χ1v) is 13.8. The van der Waals surface area contributed by atoms with E-state index in [-0.39, 0.29) is 0 Å². The molecule has 2 heterocycles. The molecule has 0 atom stereocenters. The highest BCUT2D eigenvalue weighted by Gasteiger charge is 2.19. The van der Waals surface area contributed by atoms with Gasteiger partial charge in [-0.1, -0.05) is 72.8 Å². The number of nitriles is 1. The molecule has 8 aromatic rings. The van der Waals surface area contributed by atoms with Crippen LogP contribution in [0.3, 0.4) is 0 Å². The molecule has 0 spiro atoms. The predicted octanol–water partition coefficient (Wildman–Crippen LogP) is 9.97. The highest BCUT2D eigenvalue weighted by molar-refractivity contribution is 6.16. The summed E-state index contributed by atoms with van der Waals surface area (Å²) in [7, 11) is 0. The van der Waals surface area contributed by atoms with Crippen LogP contribution in [-0.2, 0) is 0 Å². The second-order valence-electron chi connectivity index (χ2n) is 10.4. The van der Waals surface area contributed by atoms with Crippen molar-refractivity contribution in [2.24, 2.45) is 0 Å². The Balaban J connectivity index is 1.45. The number of para-hydroxylation sites is 3. The predicted molar refractivity (Wildman–Crippen MR) is 172 cm³/mol. The van der Waals surface area contributed by atoms with E-state index in [0.717, 1.165) is 66.1 Å².